The van der Waals surface area contributed by atoms with Gasteiger partial charge < -0.3 is 15.7 Å². The molecule has 1 fully saturated rings. The maximum atomic E-state index is 12.6. The number of carbonyl (C=O) groups excluding carboxylic acids is 1. The SMILES string of the molecule is O=C(NCC(O)CN1CCc2ccccc2C1)c1cccc(CC2CCNCC2)c1. The van der Waals surface area contributed by atoms with Gasteiger partial charge in [-0.2, -0.15) is 0 Å². The molecule has 1 amide bonds. The molecule has 1 unspecified atom stereocenters. The van der Waals surface area contributed by atoms with E-state index < -0.39 is 6.10 Å². The summed E-state index contributed by atoms with van der Waals surface area (Å²) in [5.41, 5.74) is 4.65. The summed E-state index contributed by atoms with van der Waals surface area (Å²) in [6.07, 6.45) is 3.87. The molecule has 0 aromatic heterocycles. The van der Waals surface area contributed by atoms with Crippen molar-refractivity contribution in [3.8, 4) is 0 Å². The van der Waals surface area contributed by atoms with Crippen molar-refractivity contribution in [2.24, 2.45) is 5.92 Å². The number of hydrogen-bond donors (Lipinski definition) is 3. The van der Waals surface area contributed by atoms with Crippen LogP contribution in [0.4, 0.5) is 0 Å². The highest BCUT2D eigenvalue weighted by atomic mass is 16.3. The zero-order chi connectivity index (χ0) is 20.8. The number of β-amino-alcohol motifs (C(OH)–C–C–N with tert-alkyl or cyclic N) is 1. The number of fused-ring (bicyclic) bond motifs is 1. The topological polar surface area (TPSA) is 64.6 Å². The fourth-order valence-electron chi connectivity index (χ4n) is 4.64. The van der Waals surface area contributed by atoms with E-state index in [1.165, 1.54) is 29.5 Å². The molecule has 0 bridgehead atoms. The van der Waals surface area contributed by atoms with Gasteiger partial charge in [0.15, 0.2) is 0 Å². The Morgan fingerprint density at radius 3 is 2.77 bits per heavy atom. The van der Waals surface area contributed by atoms with Crippen LogP contribution >= 0.6 is 0 Å². The minimum absolute atomic E-state index is 0.106. The Morgan fingerprint density at radius 1 is 1.13 bits per heavy atom. The predicted molar refractivity (Wildman–Crippen MR) is 120 cm³/mol. The number of carbonyl (C=O) groups is 1. The van der Waals surface area contributed by atoms with Crippen molar-refractivity contribution in [3.63, 3.8) is 0 Å². The molecule has 2 aromatic rings. The molecule has 2 aliphatic rings. The van der Waals surface area contributed by atoms with Crippen molar-refractivity contribution < 1.29 is 9.90 Å². The van der Waals surface area contributed by atoms with Crippen LogP contribution in [0.25, 0.3) is 0 Å². The number of rotatable bonds is 7. The number of nitrogens with zero attached hydrogens (tertiary/aromatic N) is 1. The van der Waals surface area contributed by atoms with Crippen LogP contribution < -0.4 is 10.6 Å². The highest BCUT2D eigenvalue weighted by molar-refractivity contribution is 5.94. The van der Waals surface area contributed by atoms with Gasteiger partial charge in [-0.15, -0.1) is 0 Å². The molecule has 0 spiro atoms. The van der Waals surface area contributed by atoms with E-state index in [0.29, 0.717) is 18.0 Å². The predicted octanol–water partition coefficient (Wildman–Crippen LogP) is 2.38. The smallest absolute Gasteiger partial charge is 0.251 e. The van der Waals surface area contributed by atoms with Gasteiger partial charge in [0.05, 0.1) is 6.10 Å². The van der Waals surface area contributed by atoms with Crippen molar-refractivity contribution >= 4 is 5.91 Å². The molecule has 0 radical (unpaired) electrons. The van der Waals surface area contributed by atoms with Crippen molar-refractivity contribution in [2.75, 3.05) is 32.7 Å². The second kappa shape index (κ2) is 10.2. The third-order valence-corrected chi connectivity index (χ3v) is 6.35. The Balaban J connectivity index is 1.24. The second-order valence-electron chi connectivity index (χ2n) is 8.72. The minimum atomic E-state index is -0.572. The average Bonchev–Trinajstić information content (AvgIpc) is 2.78. The fourth-order valence-corrected chi connectivity index (χ4v) is 4.64. The van der Waals surface area contributed by atoms with Crippen LogP contribution in [0.3, 0.4) is 0 Å². The minimum Gasteiger partial charge on any atom is -0.390 e. The molecule has 160 valence electrons. The van der Waals surface area contributed by atoms with Crippen LogP contribution in [-0.2, 0) is 19.4 Å². The van der Waals surface area contributed by atoms with Gasteiger partial charge in [0, 0.05) is 31.7 Å². The molecule has 3 N–H and O–H groups in total. The van der Waals surface area contributed by atoms with Gasteiger partial charge in [-0.25, -0.2) is 0 Å². The standard InChI is InChI=1S/C25H33N3O2/c29-24(18-28-13-10-21-5-1-2-6-23(21)17-28)16-27-25(30)22-7-3-4-20(15-22)14-19-8-11-26-12-9-19/h1-7,15,19,24,26,29H,8-14,16-18H2,(H,27,30). The summed E-state index contributed by atoms with van der Waals surface area (Å²) in [6.45, 7) is 4.83. The third kappa shape index (κ3) is 5.69. The average molecular weight is 408 g/mol. The Bertz CT molecular complexity index is 848. The van der Waals surface area contributed by atoms with Gasteiger partial charge in [-0.3, -0.25) is 9.69 Å². The molecule has 2 aliphatic heterocycles. The number of hydrogen-bond acceptors (Lipinski definition) is 4. The highest BCUT2D eigenvalue weighted by Gasteiger charge is 2.19. The molecule has 0 saturated carbocycles. The zero-order valence-electron chi connectivity index (χ0n) is 17.6. The normalized spacial score (nSPS) is 18.6. The van der Waals surface area contributed by atoms with E-state index in [1.807, 2.05) is 18.2 Å². The number of aliphatic hydroxyl groups is 1. The molecule has 30 heavy (non-hydrogen) atoms. The third-order valence-electron chi connectivity index (χ3n) is 6.35. The summed E-state index contributed by atoms with van der Waals surface area (Å²) in [6, 6.07) is 16.4. The number of aliphatic hydroxyl groups excluding tert-OH is 1. The Kier molecular flexibility index (Phi) is 7.16. The summed E-state index contributed by atoms with van der Waals surface area (Å²) >= 11 is 0. The van der Waals surface area contributed by atoms with Gasteiger partial charge in [-0.1, -0.05) is 36.4 Å². The summed E-state index contributed by atoms with van der Waals surface area (Å²) in [7, 11) is 0. The van der Waals surface area contributed by atoms with Crippen LogP contribution in [0.2, 0.25) is 0 Å². The van der Waals surface area contributed by atoms with E-state index in [4.69, 9.17) is 0 Å². The van der Waals surface area contributed by atoms with Gasteiger partial charge >= 0.3 is 0 Å². The fraction of sp³-hybridized carbons (Fsp3) is 0.480. The van der Waals surface area contributed by atoms with E-state index in [0.717, 1.165) is 39.0 Å². The number of nitrogens with one attached hydrogen (secondary N) is 2. The Labute approximate surface area is 179 Å². The lowest BCUT2D eigenvalue weighted by Crippen LogP contribution is -2.42. The van der Waals surface area contributed by atoms with Crippen LogP contribution in [0.5, 0.6) is 0 Å². The highest BCUT2D eigenvalue weighted by Crippen LogP contribution is 2.20. The first-order chi connectivity index (χ1) is 14.7. The van der Waals surface area contributed by atoms with Crippen LogP contribution in [0.1, 0.15) is 39.9 Å². The molecule has 1 atom stereocenters. The van der Waals surface area contributed by atoms with Crippen molar-refractivity contribution in [1.82, 2.24) is 15.5 Å². The van der Waals surface area contributed by atoms with E-state index in [1.54, 1.807) is 0 Å². The van der Waals surface area contributed by atoms with Crippen molar-refractivity contribution in [1.29, 1.82) is 0 Å². The van der Waals surface area contributed by atoms with E-state index in [-0.39, 0.29) is 12.5 Å². The van der Waals surface area contributed by atoms with Gasteiger partial charge in [0.2, 0.25) is 0 Å². The Hall–Kier alpha value is -2.21. The summed E-state index contributed by atoms with van der Waals surface area (Å²) in [5, 5.41) is 16.8. The zero-order valence-corrected chi connectivity index (χ0v) is 17.6. The molecule has 0 aliphatic carbocycles. The van der Waals surface area contributed by atoms with Crippen LogP contribution in [0.15, 0.2) is 48.5 Å². The largest absolute Gasteiger partial charge is 0.390 e. The molecule has 2 heterocycles. The monoisotopic (exact) mass is 407 g/mol. The van der Waals surface area contributed by atoms with Gasteiger partial charge in [0.25, 0.3) is 5.91 Å². The molecule has 2 aromatic carbocycles. The number of benzene rings is 2. The van der Waals surface area contributed by atoms with Crippen LogP contribution in [-0.4, -0.2) is 54.7 Å². The molecular formula is C25H33N3O2. The quantitative estimate of drug-likeness (QED) is 0.659. The first-order valence-electron chi connectivity index (χ1n) is 11.2. The van der Waals surface area contributed by atoms with Gasteiger partial charge in [0.1, 0.15) is 0 Å². The first kappa shape index (κ1) is 21.0. The van der Waals surface area contributed by atoms with E-state index >= 15 is 0 Å². The van der Waals surface area contributed by atoms with Crippen molar-refractivity contribution in [3.05, 3.63) is 70.8 Å². The summed E-state index contributed by atoms with van der Waals surface area (Å²) in [4.78, 5) is 14.9. The summed E-state index contributed by atoms with van der Waals surface area (Å²) < 4.78 is 0. The second-order valence-corrected chi connectivity index (χ2v) is 8.72. The molecule has 5 nitrogen and oxygen atoms in total. The van der Waals surface area contributed by atoms with Gasteiger partial charge in [-0.05, 0) is 73.5 Å². The number of amides is 1. The maximum absolute atomic E-state index is 12.6. The maximum Gasteiger partial charge on any atom is 0.251 e. The lowest BCUT2D eigenvalue weighted by atomic mass is 9.90. The summed E-state index contributed by atoms with van der Waals surface area (Å²) in [5.74, 6) is 0.589. The Morgan fingerprint density at radius 2 is 1.93 bits per heavy atom. The van der Waals surface area contributed by atoms with E-state index in [9.17, 15) is 9.90 Å². The van der Waals surface area contributed by atoms with Crippen LogP contribution in [0, 0.1) is 5.92 Å². The lowest BCUT2D eigenvalue weighted by Gasteiger charge is -2.30. The molecule has 4 rings (SSSR count). The molecular weight excluding hydrogens is 374 g/mol. The number of piperidine rings is 1. The van der Waals surface area contributed by atoms with Crippen molar-refractivity contribution in [2.45, 2.75) is 38.3 Å². The first-order valence-corrected chi connectivity index (χ1v) is 11.2. The molecule has 1 saturated heterocycles. The molecule has 5 heteroatoms. The lowest BCUT2D eigenvalue weighted by molar-refractivity contribution is 0.0841. The van der Waals surface area contributed by atoms with E-state index in [2.05, 4.69) is 45.9 Å².